The van der Waals surface area contributed by atoms with Crippen molar-refractivity contribution in [3.05, 3.63) is 47.6 Å². The van der Waals surface area contributed by atoms with Gasteiger partial charge in [-0.05, 0) is 0 Å². The van der Waals surface area contributed by atoms with Gasteiger partial charge in [-0.1, -0.05) is 32.4 Å². The van der Waals surface area contributed by atoms with Crippen molar-refractivity contribution in [3.8, 4) is 11.5 Å². The Balaban J connectivity index is 1.33. The van der Waals surface area contributed by atoms with Crippen LogP contribution < -0.4 is 10.1 Å². The average molecular weight is 524 g/mol. The standard InChI is InChI=1S/C24H26ClN9O3/c1-24(2,3)17-8-18(31-34(17)14-11-36-12-15(14)35)29-23-30-22-21(32(23)4)20(25)16(10-27-22)37-13-7-19-26-5-6-33(19)28-9-13/h5-10,14-15,35H,11-12H2,1-4H3,(H,27,29,30,31)/t14-,15+/m1/s1. The van der Waals surface area contributed by atoms with Gasteiger partial charge in [0.2, 0.25) is 5.95 Å². The molecule has 0 amide bonds. The summed E-state index contributed by atoms with van der Waals surface area (Å²) in [5.74, 6) is 1.96. The molecular formula is C24H26ClN9O3. The summed E-state index contributed by atoms with van der Waals surface area (Å²) >= 11 is 6.75. The molecule has 2 atom stereocenters. The maximum Gasteiger partial charge on any atom is 0.210 e. The number of aryl methyl sites for hydroxylation is 1. The second-order valence-electron chi connectivity index (χ2n) is 10.0. The van der Waals surface area contributed by atoms with E-state index in [1.807, 2.05) is 17.8 Å². The number of aliphatic hydroxyl groups excluding tert-OH is 1. The molecule has 0 saturated carbocycles. The molecule has 37 heavy (non-hydrogen) atoms. The van der Waals surface area contributed by atoms with E-state index in [2.05, 4.69) is 46.1 Å². The van der Waals surface area contributed by atoms with Crippen LogP contribution in [0.2, 0.25) is 5.02 Å². The Labute approximate surface area is 216 Å². The first kappa shape index (κ1) is 23.6. The fourth-order valence-electron chi connectivity index (χ4n) is 4.42. The molecule has 5 aromatic rings. The van der Waals surface area contributed by atoms with Gasteiger partial charge in [0.05, 0.1) is 25.6 Å². The van der Waals surface area contributed by atoms with Gasteiger partial charge in [0.25, 0.3) is 0 Å². The highest BCUT2D eigenvalue weighted by Crippen LogP contribution is 2.36. The van der Waals surface area contributed by atoms with E-state index < -0.39 is 6.10 Å². The average Bonchev–Trinajstić information content (AvgIpc) is 3.62. The minimum atomic E-state index is -0.615. The maximum atomic E-state index is 10.4. The quantitative estimate of drug-likeness (QED) is 0.354. The van der Waals surface area contributed by atoms with E-state index in [0.717, 1.165) is 5.69 Å². The number of nitrogens with one attached hydrogen (secondary N) is 1. The molecule has 0 unspecified atom stereocenters. The van der Waals surface area contributed by atoms with Crippen LogP contribution in [0.1, 0.15) is 32.5 Å². The van der Waals surface area contributed by atoms with E-state index in [9.17, 15) is 5.11 Å². The third-order valence-corrected chi connectivity index (χ3v) is 6.71. The molecule has 12 nitrogen and oxygen atoms in total. The monoisotopic (exact) mass is 523 g/mol. The Hall–Kier alpha value is -3.74. The van der Waals surface area contributed by atoms with E-state index in [1.54, 1.807) is 33.7 Å². The van der Waals surface area contributed by atoms with Crippen LogP contribution in [0.15, 0.2) is 36.9 Å². The molecule has 1 aliphatic heterocycles. The smallest absolute Gasteiger partial charge is 0.210 e. The minimum absolute atomic E-state index is 0.201. The van der Waals surface area contributed by atoms with Gasteiger partial charge in [-0.15, -0.1) is 0 Å². The first-order chi connectivity index (χ1) is 17.7. The molecule has 1 saturated heterocycles. The molecule has 0 bridgehead atoms. The Kier molecular flexibility index (Phi) is 5.55. The van der Waals surface area contributed by atoms with Crippen molar-refractivity contribution in [2.24, 2.45) is 7.05 Å². The number of nitrogens with zero attached hydrogens (tertiary/aromatic N) is 8. The lowest BCUT2D eigenvalue weighted by atomic mass is 9.91. The fraction of sp³-hybridized carbons (Fsp3) is 0.375. The molecule has 0 radical (unpaired) electrons. The molecule has 6 rings (SSSR count). The van der Waals surface area contributed by atoms with E-state index in [-0.39, 0.29) is 11.5 Å². The van der Waals surface area contributed by atoms with Crippen LogP contribution in [0.5, 0.6) is 11.5 Å². The highest BCUT2D eigenvalue weighted by Gasteiger charge is 2.33. The molecule has 1 fully saturated rings. The number of imidazole rings is 2. The fourth-order valence-corrected chi connectivity index (χ4v) is 4.72. The number of anilines is 2. The molecule has 6 heterocycles. The Morgan fingerprint density at radius 1 is 1.19 bits per heavy atom. The van der Waals surface area contributed by atoms with E-state index >= 15 is 0 Å². The van der Waals surface area contributed by atoms with Gasteiger partial charge in [0, 0.05) is 42.7 Å². The van der Waals surface area contributed by atoms with Gasteiger partial charge < -0.3 is 24.5 Å². The minimum Gasteiger partial charge on any atom is -0.452 e. The van der Waals surface area contributed by atoms with Gasteiger partial charge in [-0.3, -0.25) is 4.68 Å². The number of aliphatic hydroxyl groups is 1. The predicted octanol–water partition coefficient (Wildman–Crippen LogP) is 3.63. The number of ether oxygens (including phenoxy) is 2. The van der Waals surface area contributed by atoms with Crippen molar-refractivity contribution in [2.45, 2.75) is 38.3 Å². The van der Waals surface area contributed by atoms with E-state index in [0.29, 0.717) is 58.3 Å². The van der Waals surface area contributed by atoms with Crippen molar-refractivity contribution in [1.29, 1.82) is 0 Å². The van der Waals surface area contributed by atoms with Gasteiger partial charge in [0.15, 0.2) is 28.6 Å². The van der Waals surface area contributed by atoms with Gasteiger partial charge >= 0.3 is 0 Å². The lowest BCUT2D eigenvalue weighted by molar-refractivity contribution is 0.117. The van der Waals surface area contributed by atoms with Crippen molar-refractivity contribution in [2.75, 3.05) is 18.5 Å². The molecule has 0 spiro atoms. The number of halogens is 1. The molecule has 0 aliphatic carbocycles. The third kappa shape index (κ3) is 4.16. The first-order valence-corrected chi connectivity index (χ1v) is 12.2. The van der Waals surface area contributed by atoms with Crippen LogP contribution in [0.4, 0.5) is 11.8 Å². The van der Waals surface area contributed by atoms with Crippen LogP contribution in [0, 0.1) is 0 Å². The molecule has 1 aliphatic rings. The highest BCUT2D eigenvalue weighted by molar-refractivity contribution is 6.36. The molecule has 0 aromatic carbocycles. The molecule has 192 valence electrons. The van der Waals surface area contributed by atoms with Crippen LogP contribution in [0.25, 0.3) is 16.8 Å². The SMILES string of the molecule is Cn1c(Nc2cc(C(C)(C)C)n([C@@H]3COC[C@@H]3O)n2)nc2ncc(Oc3cnn4ccnc4c3)c(Cl)c21. The summed E-state index contributed by atoms with van der Waals surface area (Å²) in [5.41, 5.74) is 2.48. The van der Waals surface area contributed by atoms with Gasteiger partial charge in [-0.2, -0.15) is 15.2 Å². The maximum absolute atomic E-state index is 10.4. The first-order valence-electron chi connectivity index (χ1n) is 11.8. The van der Waals surface area contributed by atoms with Gasteiger partial charge in [-0.25, -0.2) is 14.5 Å². The van der Waals surface area contributed by atoms with Crippen LogP contribution in [-0.2, 0) is 17.2 Å². The summed E-state index contributed by atoms with van der Waals surface area (Å²) in [4.78, 5) is 13.3. The molecular weight excluding hydrogens is 498 g/mol. The number of fused-ring (bicyclic) bond motifs is 2. The summed E-state index contributed by atoms with van der Waals surface area (Å²) < 4.78 is 16.7. The van der Waals surface area contributed by atoms with Crippen molar-refractivity contribution in [3.63, 3.8) is 0 Å². The summed E-state index contributed by atoms with van der Waals surface area (Å²) in [6.07, 6.45) is 5.91. The summed E-state index contributed by atoms with van der Waals surface area (Å²) in [7, 11) is 1.84. The molecule has 5 aromatic heterocycles. The normalized spacial score (nSPS) is 18.2. The number of hydrogen-bond acceptors (Lipinski definition) is 9. The number of pyridine rings is 1. The topological polar surface area (TPSA) is 129 Å². The van der Waals surface area contributed by atoms with Crippen LogP contribution in [0.3, 0.4) is 0 Å². The van der Waals surface area contributed by atoms with Crippen molar-refractivity contribution < 1.29 is 14.6 Å². The zero-order valence-electron chi connectivity index (χ0n) is 20.8. The summed E-state index contributed by atoms with van der Waals surface area (Å²) in [6, 6.07) is 3.48. The Bertz CT molecular complexity index is 1620. The second-order valence-corrected chi connectivity index (χ2v) is 10.4. The zero-order valence-corrected chi connectivity index (χ0v) is 21.5. The number of aromatic nitrogens is 8. The Morgan fingerprint density at radius 3 is 2.78 bits per heavy atom. The highest BCUT2D eigenvalue weighted by atomic mass is 35.5. The van der Waals surface area contributed by atoms with E-state index in [1.165, 1.54) is 6.20 Å². The number of hydrogen-bond donors (Lipinski definition) is 2. The second kappa shape index (κ2) is 8.68. The van der Waals surface area contributed by atoms with E-state index in [4.69, 9.17) is 26.2 Å². The largest absolute Gasteiger partial charge is 0.452 e. The summed E-state index contributed by atoms with van der Waals surface area (Å²) in [6.45, 7) is 7.01. The predicted molar refractivity (Wildman–Crippen MR) is 137 cm³/mol. The Morgan fingerprint density at radius 2 is 2.03 bits per heavy atom. The van der Waals surface area contributed by atoms with Crippen LogP contribution in [-0.4, -0.2) is 63.3 Å². The summed E-state index contributed by atoms with van der Waals surface area (Å²) in [5, 5.41) is 23.1. The lowest BCUT2D eigenvalue weighted by Gasteiger charge is -2.24. The van der Waals surface area contributed by atoms with Gasteiger partial charge in [0.1, 0.15) is 22.7 Å². The van der Waals surface area contributed by atoms with Crippen molar-refractivity contribution in [1.82, 2.24) is 38.9 Å². The van der Waals surface area contributed by atoms with Crippen molar-refractivity contribution >= 4 is 40.2 Å². The molecule has 2 N–H and O–H groups in total. The zero-order chi connectivity index (χ0) is 25.9. The number of rotatable bonds is 5. The van der Waals surface area contributed by atoms with Crippen LogP contribution >= 0.6 is 11.6 Å². The third-order valence-electron chi connectivity index (χ3n) is 6.34. The lowest BCUT2D eigenvalue weighted by Crippen LogP contribution is -2.28. The molecule has 13 heteroatoms.